The van der Waals surface area contributed by atoms with E-state index >= 15 is 0 Å². The lowest BCUT2D eigenvalue weighted by atomic mass is 9.81. The third-order valence-corrected chi connectivity index (χ3v) is 10.7. The van der Waals surface area contributed by atoms with Crippen LogP contribution in [0.5, 0.6) is 0 Å². The minimum Gasteiger partial charge on any atom is -0.469 e. The Hall–Kier alpha value is -4.01. The third-order valence-electron chi connectivity index (χ3n) is 8.94. The second-order valence-electron chi connectivity index (χ2n) is 13.4. The number of nitrogens with one attached hydrogen (secondary N) is 4. The number of nitrogens with two attached hydrogens (primary N) is 1. The summed E-state index contributed by atoms with van der Waals surface area (Å²) in [5, 5.41) is 10.4. The van der Waals surface area contributed by atoms with Crippen LogP contribution in [-0.2, 0) is 35.3 Å². The number of rotatable bonds is 22. The molecule has 51 heavy (non-hydrogen) atoms. The topological polar surface area (TPSA) is 206 Å². The molecular formula is C34H54B2N6O8S. The fourth-order valence-electron chi connectivity index (χ4n) is 5.40. The Morgan fingerprint density at radius 1 is 1.00 bits per heavy atom. The lowest BCUT2D eigenvalue weighted by molar-refractivity contribution is -0.138. The van der Waals surface area contributed by atoms with Gasteiger partial charge in [0.1, 0.15) is 26.5 Å². The van der Waals surface area contributed by atoms with Crippen LogP contribution in [0, 0.1) is 5.92 Å². The lowest BCUT2D eigenvalue weighted by Gasteiger charge is -2.28. The Morgan fingerprint density at radius 3 is 2.25 bits per heavy atom. The molecule has 2 unspecified atom stereocenters. The summed E-state index contributed by atoms with van der Waals surface area (Å²) in [6.45, 7) is 8.35. The maximum atomic E-state index is 13.4. The number of thioether (sulfide) groups is 1. The van der Waals surface area contributed by atoms with Gasteiger partial charge in [-0.15, -0.1) is 0 Å². The molecule has 1 heterocycles. The minimum absolute atomic E-state index is 0.0479. The third kappa shape index (κ3) is 15.0. The quantitative estimate of drug-likeness (QED) is 0.0666. The number of amides is 7. The standard InChI is InChI=1S/C34H54B2N6O8S/c1-5-34(36,6-2)51-25-19-27(44)42(31(25)47)18-9-7-8-12-26(43)41-28(21(3)4)30(46)40-24(11-10-17-38-33(37)49)29(45)39-23-15-13-22(14-16-23)20-50-32(35)48/h13-16,21,24-25,28H,5-12,17-20,35-36H2,1-4H3,(H,39,45)(H,40,46)(H,41,43)(H3,37,38,49)/t24-,25?,28?/m0/s1. The van der Waals surface area contributed by atoms with Crippen molar-refractivity contribution in [1.82, 2.24) is 20.9 Å². The Kier molecular flexibility index (Phi) is 18.1. The van der Waals surface area contributed by atoms with Gasteiger partial charge in [-0.2, -0.15) is 11.8 Å². The van der Waals surface area contributed by atoms with Gasteiger partial charge in [0.2, 0.25) is 43.3 Å². The van der Waals surface area contributed by atoms with Crippen molar-refractivity contribution in [1.29, 1.82) is 0 Å². The van der Waals surface area contributed by atoms with Crippen molar-refractivity contribution in [2.24, 2.45) is 11.7 Å². The summed E-state index contributed by atoms with van der Waals surface area (Å²) in [7, 11) is 3.44. The summed E-state index contributed by atoms with van der Waals surface area (Å²) in [6.07, 6.45) is 4.42. The van der Waals surface area contributed by atoms with Crippen molar-refractivity contribution < 1.29 is 38.3 Å². The number of imide groups is 1. The first-order chi connectivity index (χ1) is 24.1. The summed E-state index contributed by atoms with van der Waals surface area (Å²) in [5.41, 5.74) is 6.34. The number of likely N-dealkylation sites (tertiary alicyclic amines) is 1. The summed E-state index contributed by atoms with van der Waals surface area (Å²) in [6, 6.07) is 4.08. The van der Waals surface area contributed by atoms with Crippen LogP contribution in [-0.4, -0.2) is 97.1 Å². The van der Waals surface area contributed by atoms with Crippen molar-refractivity contribution in [3.05, 3.63) is 29.8 Å². The molecule has 1 saturated heterocycles. The van der Waals surface area contributed by atoms with Crippen LogP contribution in [0.25, 0.3) is 0 Å². The van der Waals surface area contributed by atoms with Crippen molar-refractivity contribution in [2.45, 2.75) is 114 Å². The monoisotopic (exact) mass is 728 g/mol. The zero-order valence-corrected chi connectivity index (χ0v) is 31.6. The fraction of sp³-hybridized carbons (Fsp3) is 0.618. The van der Waals surface area contributed by atoms with Gasteiger partial charge < -0.3 is 31.7 Å². The molecule has 1 aromatic rings. The maximum Gasteiger partial charge on any atom is 0.312 e. The first kappa shape index (κ1) is 43.2. The van der Waals surface area contributed by atoms with E-state index in [2.05, 4.69) is 43.0 Å². The van der Waals surface area contributed by atoms with Crippen LogP contribution in [0.15, 0.2) is 24.3 Å². The molecule has 0 aliphatic carbocycles. The molecule has 6 N–H and O–H groups in total. The normalized spacial score (nSPS) is 15.6. The van der Waals surface area contributed by atoms with Crippen molar-refractivity contribution in [3.8, 4) is 0 Å². The largest absolute Gasteiger partial charge is 0.469 e. The van der Waals surface area contributed by atoms with Gasteiger partial charge in [-0.3, -0.25) is 33.7 Å². The van der Waals surface area contributed by atoms with E-state index < -0.39 is 35.8 Å². The Labute approximate surface area is 307 Å². The number of carbonyl (C=O) groups excluding carboxylic acids is 7. The maximum absolute atomic E-state index is 13.4. The van der Waals surface area contributed by atoms with Gasteiger partial charge in [-0.25, -0.2) is 4.79 Å². The molecule has 1 fully saturated rings. The number of carbonyl (C=O) groups is 7. The zero-order valence-electron chi connectivity index (χ0n) is 30.8. The van der Waals surface area contributed by atoms with Crippen LogP contribution in [0.4, 0.5) is 15.3 Å². The van der Waals surface area contributed by atoms with E-state index in [0.717, 1.165) is 18.4 Å². The van der Waals surface area contributed by atoms with Crippen LogP contribution in [0.2, 0.25) is 0 Å². The summed E-state index contributed by atoms with van der Waals surface area (Å²) < 4.78 is 4.94. The summed E-state index contributed by atoms with van der Waals surface area (Å²) >= 11 is 1.59. The molecule has 1 aliphatic rings. The molecule has 0 radical (unpaired) electrons. The SMILES string of the molecule is BC(=O)OCc1ccc(NC(=O)[C@H](CCCNC(N)=O)NC(=O)C(NC(=O)CCCCCN2C(=O)CC(SC(B)(CC)CC)C2=O)C(C)C)cc1. The Balaban J connectivity index is 1.92. The highest BCUT2D eigenvalue weighted by Gasteiger charge is 2.41. The molecule has 1 aromatic carbocycles. The van der Waals surface area contributed by atoms with Crippen LogP contribution in [0.1, 0.15) is 91.0 Å². The van der Waals surface area contributed by atoms with E-state index in [1.165, 1.54) is 12.7 Å². The average Bonchev–Trinajstić information content (AvgIpc) is 3.34. The van der Waals surface area contributed by atoms with Crippen molar-refractivity contribution >= 4 is 74.6 Å². The molecule has 1 aliphatic heterocycles. The van der Waals surface area contributed by atoms with Crippen molar-refractivity contribution in [3.63, 3.8) is 0 Å². The highest BCUT2D eigenvalue weighted by Crippen LogP contribution is 2.37. The molecule has 7 amide bonds. The number of urea groups is 1. The van der Waals surface area contributed by atoms with Gasteiger partial charge in [0.25, 0.3) is 0 Å². The van der Waals surface area contributed by atoms with Gasteiger partial charge >= 0.3 is 6.03 Å². The van der Waals surface area contributed by atoms with Crippen LogP contribution >= 0.6 is 11.8 Å². The molecule has 2 rings (SSSR count). The van der Waals surface area contributed by atoms with Gasteiger partial charge in [-0.05, 0) is 66.8 Å². The molecule has 0 spiro atoms. The van der Waals surface area contributed by atoms with E-state index in [0.29, 0.717) is 37.9 Å². The molecule has 0 bridgehead atoms. The predicted molar refractivity (Wildman–Crippen MR) is 202 cm³/mol. The van der Waals surface area contributed by atoms with Gasteiger partial charge in [-0.1, -0.05) is 46.2 Å². The molecule has 14 nitrogen and oxygen atoms in total. The Morgan fingerprint density at radius 2 is 1.67 bits per heavy atom. The molecule has 0 aromatic heterocycles. The van der Waals surface area contributed by atoms with E-state index in [1.807, 2.05) is 0 Å². The lowest BCUT2D eigenvalue weighted by Crippen LogP contribution is -2.54. The zero-order chi connectivity index (χ0) is 38.1. The van der Waals surface area contributed by atoms with Gasteiger partial charge in [0, 0.05) is 31.6 Å². The van der Waals surface area contributed by atoms with Crippen LogP contribution < -0.4 is 27.0 Å². The number of hydrogen-bond acceptors (Lipinski definition) is 9. The molecule has 0 saturated carbocycles. The number of nitrogens with zero attached hydrogens (tertiary/aromatic N) is 1. The fourth-order valence-corrected chi connectivity index (χ4v) is 6.87. The molecular weight excluding hydrogens is 674 g/mol. The number of ether oxygens (including phenoxy) is 1. The molecule has 17 heteroatoms. The van der Waals surface area contributed by atoms with E-state index in [4.69, 9.17) is 10.5 Å². The minimum atomic E-state index is -0.988. The molecule has 3 atom stereocenters. The first-order valence-corrected chi connectivity index (χ1v) is 18.6. The number of benzene rings is 1. The second kappa shape index (κ2) is 21.4. The average molecular weight is 729 g/mol. The summed E-state index contributed by atoms with van der Waals surface area (Å²) in [4.78, 5) is 88.7. The van der Waals surface area contributed by atoms with E-state index in [9.17, 15) is 33.6 Å². The number of unbranched alkanes of at least 4 members (excludes halogenated alkanes) is 2. The second-order valence-corrected chi connectivity index (χ2v) is 15.2. The van der Waals surface area contributed by atoms with Crippen molar-refractivity contribution in [2.75, 3.05) is 18.4 Å². The first-order valence-electron chi connectivity index (χ1n) is 17.8. The number of hydrogen-bond donors (Lipinski definition) is 5. The summed E-state index contributed by atoms with van der Waals surface area (Å²) in [5.74, 6) is -2.33. The van der Waals surface area contributed by atoms with Gasteiger partial charge in [0.05, 0.1) is 5.25 Å². The van der Waals surface area contributed by atoms with E-state index in [-0.39, 0.29) is 65.9 Å². The highest BCUT2D eigenvalue weighted by molar-refractivity contribution is 8.03. The highest BCUT2D eigenvalue weighted by atomic mass is 32.2. The number of primary amides is 1. The van der Waals surface area contributed by atoms with E-state index in [1.54, 1.807) is 49.9 Å². The smallest absolute Gasteiger partial charge is 0.312 e. The Bertz CT molecular complexity index is 1380. The van der Waals surface area contributed by atoms with Gasteiger partial charge in [0.15, 0.2) is 0 Å². The van der Waals surface area contributed by atoms with Crippen LogP contribution in [0.3, 0.4) is 0 Å². The number of anilines is 1. The molecule has 280 valence electrons. The predicted octanol–water partition coefficient (Wildman–Crippen LogP) is 1.54.